The molecule has 0 aromatic heterocycles. The van der Waals surface area contributed by atoms with E-state index in [0.29, 0.717) is 17.4 Å². The lowest BCUT2D eigenvalue weighted by Crippen LogP contribution is -2.40. The van der Waals surface area contributed by atoms with E-state index in [9.17, 15) is 19.5 Å². The summed E-state index contributed by atoms with van der Waals surface area (Å²) in [5, 5.41) is 9.72. The number of unbranched alkanes of at least 4 members (excludes halogenated alkanes) is 33. The molecule has 78 heavy (non-hydrogen) atoms. The zero-order valence-corrected chi connectivity index (χ0v) is 51.6. The topological polar surface area (TPSA) is 108 Å². The molecular formula is C69H124NO8+. The molecule has 0 aliphatic carbocycles. The van der Waals surface area contributed by atoms with Gasteiger partial charge in [0.1, 0.15) is 13.2 Å². The summed E-state index contributed by atoms with van der Waals surface area (Å²) in [6.45, 7) is 4.79. The van der Waals surface area contributed by atoms with Gasteiger partial charge in [0.2, 0.25) is 0 Å². The second-order valence-electron chi connectivity index (χ2n) is 23.0. The lowest BCUT2D eigenvalue weighted by Gasteiger charge is -2.25. The van der Waals surface area contributed by atoms with Gasteiger partial charge in [0.25, 0.3) is 6.29 Å². The number of carboxylic acid groups (broad SMARTS) is 1. The Labute approximate surface area is 481 Å². The zero-order chi connectivity index (χ0) is 56.9. The van der Waals surface area contributed by atoms with E-state index in [1.807, 2.05) is 21.1 Å². The van der Waals surface area contributed by atoms with Gasteiger partial charge < -0.3 is 28.5 Å². The minimum Gasteiger partial charge on any atom is -0.477 e. The number of ether oxygens (including phenoxy) is 4. The fourth-order valence-electron chi connectivity index (χ4n) is 9.21. The maximum Gasteiger partial charge on any atom is 0.361 e. The molecule has 0 saturated carbocycles. The number of aliphatic carboxylic acids is 1. The monoisotopic (exact) mass is 1090 g/mol. The second kappa shape index (κ2) is 59.8. The summed E-state index contributed by atoms with van der Waals surface area (Å²) in [5.74, 6) is -2.00. The zero-order valence-electron chi connectivity index (χ0n) is 51.6. The van der Waals surface area contributed by atoms with Crippen LogP contribution < -0.4 is 0 Å². The van der Waals surface area contributed by atoms with Crippen molar-refractivity contribution >= 4 is 17.9 Å². The SMILES string of the molecule is CC/C=C\C/C=C\C/C=C\C/C=C\C/C=C\CCCCCCCCCCCCCCCCCCCCCC(=O)OC(COC(=O)CCCCCCCCC/C=C\CCCCCCCCC)COC(OCC[N+](C)(C)C)C(=O)O. The van der Waals surface area contributed by atoms with E-state index < -0.39 is 24.3 Å². The van der Waals surface area contributed by atoms with Crippen molar-refractivity contribution in [2.24, 2.45) is 0 Å². The molecule has 9 heteroatoms. The molecule has 0 aromatic rings. The Kier molecular flexibility index (Phi) is 57.3. The highest BCUT2D eigenvalue weighted by atomic mass is 16.7. The van der Waals surface area contributed by atoms with Crippen molar-refractivity contribution in [2.75, 3.05) is 47.5 Å². The van der Waals surface area contributed by atoms with Gasteiger partial charge in [-0.15, -0.1) is 0 Å². The van der Waals surface area contributed by atoms with Crippen molar-refractivity contribution in [1.29, 1.82) is 0 Å². The first kappa shape index (κ1) is 74.7. The highest BCUT2D eigenvalue weighted by molar-refractivity contribution is 5.71. The fraction of sp³-hybridized carbons (Fsp3) is 0.783. The number of likely N-dealkylation sites (N-methyl/N-ethyl adjacent to an activating group) is 1. The van der Waals surface area contributed by atoms with Crippen LogP contribution in [0.25, 0.3) is 0 Å². The number of hydrogen-bond acceptors (Lipinski definition) is 7. The van der Waals surface area contributed by atoms with Crippen LogP contribution in [0.3, 0.4) is 0 Å². The van der Waals surface area contributed by atoms with Gasteiger partial charge in [-0.3, -0.25) is 9.59 Å². The maximum absolute atomic E-state index is 12.9. The third-order valence-electron chi connectivity index (χ3n) is 14.2. The number of hydrogen-bond donors (Lipinski definition) is 1. The number of carboxylic acids is 1. The molecule has 1 N–H and O–H groups in total. The van der Waals surface area contributed by atoms with Crippen molar-refractivity contribution in [3.05, 3.63) is 72.9 Å². The van der Waals surface area contributed by atoms with Crippen LogP contribution in [-0.2, 0) is 33.3 Å². The van der Waals surface area contributed by atoms with Crippen LogP contribution >= 0.6 is 0 Å². The summed E-state index contributed by atoms with van der Waals surface area (Å²) in [6, 6.07) is 0. The maximum atomic E-state index is 12.9. The summed E-state index contributed by atoms with van der Waals surface area (Å²) in [4.78, 5) is 37.5. The third kappa shape index (κ3) is 60.4. The second-order valence-corrected chi connectivity index (χ2v) is 23.0. The summed E-state index contributed by atoms with van der Waals surface area (Å²) < 4.78 is 22.9. The number of nitrogens with zero attached hydrogens (tertiary/aromatic N) is 1. The molecule has 0 rings (SSSR count). The Balaban J connectivity index is 4.07. The summed E-state index contributed by atoms with van der Waals surface area (Å²) in [6.07, 6.45) is 75.7. The molecule has 0 aliphatic rings. The largest absolute Gasteiger partial charge is 0.477 e. The van der Waals surface area contributed by atoms with Crippen LogP contribution in [0.2, 0.25) is 0 Å². The quantitative estimate of drug-likeness (QED) is 0.0211. The molecule has 0 spiro atoms. The normalized spacial score (nSPS) is 13.2. The lowest BCUT2D eigenvalue weighted by atomic mass is 10.0. The Hall–Kier alpha value is -3.27. The van der Waals surface area contributed by atoms with Crippen molar-refractivity contribution in [2.45, 2.75) is 302 Å². The Morgan fingerprint density at radius 1 is 0.397 bits per heavy atom. The van der Waals surface area contributed by atoms with Crippen LogP contribution in [0.5, 0.6) is 0 Å². The van der Waals surface area contributed by atoms with Gasteiger partial charge in [-0.1, -0.05) is 267 Å². The molecule has 0 radical (unpaired) electrons. The van der Waals surface area contributed by atoms with Crippen molar-refractivity contribution < 1.29 is 42.9 Å². The van der Waals surface area contributed by atoms with Gasteiger partial charge >= 0.3 is 17.9 Å². The predicted molar refractivity (Wildman–Crippen MR) is 332 cm³/mol. The van der Waals surface area contributed by atoms with Crippen LogP contribution in [0.4, 0.5) is 0 Å². The summed E-state index contributed by atoms with van der Waals surface area (Å²) in [5.41, 5.74) is 0. The molecule has 0 aliphatic heterocycles. The highest BCUT2D eigenvalue weighted by Gasteiger charge is 2.25. The van der Waals surface area contributed by atoms with Crippen molar-refractivity contribution in [3.8, 4) is 0 Å². The molecule has 452 valence electrons. The number of allylic oxidation sites excluding steroid dienone is 12. The highest BCUT2D eigenvalue weighted by Crippen LogP contribution is 2.17. The van der Waals surface area contributed by atoms with E-state index in [0.717, 1.165) is 70.6 Å². The Bertz CT molecular complexity index is 1510. The van der Waals surface area contributed by atoms with E-state index in [4.69, 9.17) is 18.9 Å². The lowest BCUT2D eigenvalue weighted by molar-refractivity contribution is -0.870. The summed E-state index contributed by atoms with van der Waals surface area (Å²) in [7, 11) is 5.98. The van der Waals surface area contributed by atoms with Gasteiger partial charge in [-0.25, -0.2) is 4.79 Å². The number of carbonyl (C=O) groups is 3. The molecule has 2 atom stereocenters. The van der Waals surface area contributed by atoms with Gasteiger partial charge in [0.15, 0.2) is 6.10 Å². The molecule has 0 fully saturated rings. The standard InChI is InChI=1S/C69H123NO8/c1-6-8-10-12-14-16-18-20-22-24-26-27-28-29-30-31-32-33-34-35-36-37-38-39-40-41-42-44-46-48-50-52-54-56-58-60-67(72)78-65(64-77-69(68(73)74)75-62-61-70(3,4)5)63-76-66(71)59-57-55-53-51-49-47-45-43-25-23-21-19-17-15-13-11-9-7-2/h8,10,14,16,20,22-23,25-27,29-30,65,69H,6-7,9,11-13,15,17-19,21,24,28,31-64H2,1-5H3/p+1/b10-8-,16-14-,22-20-,25-23-,27-26-,30-29-. The van der Waals surface area contributed by atoms with Crippen LogP contribution in [0.15, 0.2) is 72.9 Å². The minimum atomic E-state index is -1.51. The molecule has 0 saturated heterocycles. The van der Waals surface area contributed by atoms with Gasteiger partial charge in [-0.2, -0.15) is 0 Å². The van der Waals surface area contributed by atoms with E-state index in [1.165, 1.54) is 193 Å². The van der Waals surface area contributed by atoms with Crippen LogP contribution in [-0.4, -0.2) is 87.4 Å². The summed E-state index contributed by atoms with van der Waals surface area (Å²) >= 11 is 0. The molecule has 2 unspecified atom stereocenters. The molecule has 0 amide bonds. The van der Waals surface area contributed by atoms with Crippen LogP contribution in [0, 0.1) is 0 Å². The third-order valence-corrected chi connectivity index (χ3v) is 14.2. The number of esters is 2. The molecule has 9 nitrogen and oxygen atoms in total. The number of carbonyl (C=O) groups excluding carboxylic acids is 2. The number of rotatable bonds is 60. The van der Waals surface area contributed by atoms with E-state index in [-0.39, 0.29) is 32.2 Å². The van der Waals surface area contributed by atoms with Gasteiger partial charge in [-0.05, 0) is 83.5 Å². The minimum absolute atomic E-state index is 0.183. The van der Waals surface area contributed by atoms with E-state index in [2.05, 4.69) is 86.8 Å². The number of quaternary nitrogens is 1. The molecule has 0 heterocycles. The fourth-order valence-corrected chi connectivity index (χ4v) is 9.21. The first-order valence-electron chi connectivity index (χ1n) is 32.6. The predicted octanol–water partition coefficient (Wildman–Crippen LogP) is 19.7. The smallest absolute Gasteiger partial charge is 0.361 e. The molecule has 0 bridgehead atoms. The van der Waals surface area contributed by atoms with Gasteiger partial charge in [0, 0.05) is 12.8 Å². The van der Waals surface area contributed by atoms with Crippen LogP contribution in [0.1, 0.15) is 290 Å². The first-order chi connectivity index (χ1) is 38.1. The Morgan fingerprint density at radius 2 is 0.731 bits per heavy atom. The average Bonchev–Trinajstić information content (AvgIpc) is 3.41. The molecular weight excluding hydrogens is 971 g/mol. The van der Waals surface area contributed by atoms with E-state index in [1.54, 1.807) is 0 Å². The Morgan fingerprint density at radius 3 is 1.10 bits per heavy atom. The van der Waals surface area contributed by atoms with Crippen molar-refractivity contribution in [1.82, 2.24) is 0 Å². The van der Waals surface area contributed by atoms with E-state index >= 15 is 0 Å². The van der Waals surface area contributed by atoms with Gasteiger partial charge in [0.05, 0.1) is 34.4 Å². The van der Waals surface area contributed by atoms with Crippen molar-refractivity contribution in [3.63, 3.8) is 0 Å². The average molecular weight is 1100 g/mol. The first-order valence-corrected chi connectivity index (χ1v) is 32.6. The molecule has 0 aromatic carbocycles.